The third-order valence-corrected chi connectivity index (χ3v) is 3.17. The van der Waals surface area contributed by atoms with E-state index in [-0.39, 0.29) is 17.2 Å². The highest BCUT2D eigenvalue weighted by Gasteiger charge is 2.20. The number of phenols is 1. The zero-order chi connectivity index (χ0) is 14.7. The molecule has 0 aliphatic rings. The maximum Gasteiger partial charge on any atom is 0.262 e. The first-order valence-electron chi connectivity index (χ1n) is 6.50. The van der Waals surface area contributed by atoms with Crippen LogP contribution in [-0.4, -0.2) is 17.6 Å². The van der Waals surface area contributed by atoms with E-state index in [4.69, 9.17) is 5.73 Å². The molecule has 104 valence electrons. The molecule has 0 aromatic heterocycles. The standard InChI is InChI=1S/C16H18N2O2/c1-3-18(14-7-5-4-6-13(14)17)16(20)12-9-8-11(2)10-15(12)19/h4-10,19H,3,17H2,1-2H3. The lowest BCUT2D eigenvalue weighted by molar-refractivity contribution is 0.0986. The zero-order valence-electron chi connectivity index (χ0n) is 11.6. The molecule has 0 atom stereocenters. The minimum absolute atomic E-state index is 0.0112. The van der Waals surface area contributed by atoms with Gasteiger partial charge in [-0.25, -0.2) is 0 Å². The molecule has 3 N–H and O–H groups in total. The number of anilines is 2. The predicted octanol–water partition coefficient (Wildman–Crippen LogP) is 2.95. The molecule has 2 rings (SSSR count). The van der Waals surface area contributed by atoms with Crippen molar-refractivity contribution in [2.24, 2.45) is 0 Å². The number of hydrogen-bond donors (Lipinski definition) is 2. The minimum Gasteiger partial charge on any atom is -0.507 e. The Morgan fingerprint density at radius 1 is 1.25 bits per heavy atom. The Morgan fingerprint density at radius 2 is 1.95 bits per heavy atom. The summed E-state index contributed by atoms with van der Waals surface area (Å²) >= 11 is 0. The quantitative estimate of drug-likeness (QED) is 0.843. The van der Waals surface area contributed by atoms with E-state index in [0.29, 0.717) is 17.9 Å². The summed E-state index contributed by atoms with van der Waals surface area (Å²) in [5.74, 6) is -0.272. The number of nitrogens with two attached hydrogens (primary N) is 1. The van der Waals surface area contributed by atoms with E-state index >= 15 is 0 Å². The number of nitrogen functional groups attached to an aromatic ring is 1. The Hall–Kier alpha value is -2.49. The molecule has 1 amide bonds. The second kappa shape index (κ2) is 5.65. The van der Waals surface area contributed by atoms with E-state index in [9.17, 15) is 9.90 Å². The summed E-state index contributed by atoms with van der Waals surface area (Å²) in [6.07, 6.45) is 0. The van der Waals surface area contributed by atoms with Crippen LogP contribution < -0.4 is 10.6 Å². The molecular weight excluding hydrogens is 252 g/mol. The first-order valence-corrected chi connectivity index (χ1v) is 6.50. The molecule has 0 fully saturated rings. The van der Waals surface area contributed by atoms with Gasteiger partial charge in [0.15, 0.2) is 0 Å². The van der Waals surface area contributed by atoms with Crippen LogP contribution >= 0.6 is 0 Å². The van der Waals surface area contributed by atoms with Crippen molar-refractivity contribution in [3.8, 4) is 5.75 Å². The van der Waals surface area contributed by atoms with E-state index in [1.807, 2.05) is 26.0 Å². The van der Waals surface area contributed by atoms with E-state index in [1.165, 1.54) is 0 Å². The number of aryl methyl sites for hydroxylation is 1. The lowest BCUT2D eigenvalue weighted by Crippen LogP contribution is -2.31. The van der Waals surface area contributed by atoms with Crippen LogP contribution in [0, 0.1) is 6.92 Å². The number of benzene rings is 2. The summed E-state index contributed by atoms with van der Waals surface area (Å²) in [6, 6.07) is 12.2. The first-order chi connectivity index (χ1) is 9.54. The number of nitrogens with zero attached hydrogens (tertiary/aromatic N) is 1. The van der Waals surface area contributed by atoms with Gasteiger partial charge in [-0.2, -0.15) is 0 Å². The molecule has 0 radical (unpaired) electrons. The van der Waals surface area contributed by atoms with E-state index in [0.717, 1.165) is 5.56 Å². The van der Waals surface area contributed by atoms with Crippen LogP contribution in [0.15, 0.2) is 42.5 Å². The maximum absolute atomic E-state index is 12.6. The molecule has 0 saturated heterocycles. The van der Waals surface area contributed by atoms with Gasteiger partial charge in [0, 0.05) is 6.54 Å². The molecule has 0 spiro atoms. The highest BCUT2D eigenvalue weighted by molar-refractivity contribution is 6.09. The summed E-state index contributed by atoms with van der Waals surface area (Å²) in [6.45, 7) is 4.21. The SMILES string of the molecule is CCN(C(=O)c1ccc(C)cc1O)c1ccccc1N. The summed E-state index contributed by atoms with van der Waals surface area (Å²) in [4.78, 5) is 14.1. The Labute approximate surface area is 118 Å². The van der Waals surface area contributed by atoms with Gasteiger partial charge < -0.3 is 15.7 Å². The van der Waals surface area contributed by atoms with Crippen molar-refractivity contribution >= 4 is 17.3 Å². The molecule has 0 unspecified atom stereocenters. The second-order valence-electron chi connectivity index (χ2n) is 4.63. The molecule has 2 aromatic carbocycles. The smallest absolute Gasteiger partial charge is 0.262 e. The lowest BCUT2D eigenvalue weighted by Gasteiger charge is -2.23. The maximum atomic E-state index is 12.6. The zero-order valence-corrected chi connectivity index (χ0v) is 11.6. The number of para-hydroxylation sites is 2. The van der Waals surface area contributed by atoms with Crippen LogP contribution in [0.4, 0.5) is 11.4 Å². The van der Waals surface area contributed by atoms with Crippen molar-refractivity contribution in [3.05, 3.63) is 53.6 Å². The third-order valence-electron chi connectivity index (χ3n) is 3.17. The lowest BCUT2D eigenvalue weighted by atomic mass is 10.1. The molecule has 0 heterocycles. The molecule has 0 bridgehead atoms. The van der Waals surface area contributed by atoms with Gasteiger partial charge in [0.2, 0.25) is 0 Å². The van der Waals surface area contributed by atoms with Crippen molar-refractivity contribution in [1.82, 2.24) is 0 Å². The van der Waals surface area contributed by atoms with Crippen LogP contribution in [0.1, 0.15) is 22.8 Å². The van der Waals surface area contributed by atoms with Gasteiger partial charge in [0.05, 0.1) is 16.9 Å². The number of carbonyl (C=O) groups excluding carboxylic acids is 1. The third kappa shape index (κ3) is 2.59. The van der Waals surface area contributed by atoms with Gasteiger partial charge in [0.25, 0.3) is 5.91 Å². The Balaban J connectivity index is 2.42. The molecule has 0 aliphatic heterocycles. The van der Waals surface area contributed by atoms with Crippen LogP contribution in [-0.2, 0) is 0 Å². The number of hydrogen-bond acceptors (Lipinski definition) is 3. The van der Waals surface area contributed by atoms with Gasteiger partial charge in [-0.15, -0.1) is 0 Å². The fourth-order valence-electron chi connectivity index (χ4n) is 2.12. The van der Waals surface area contributed by atoms with Crippen LogP contribution in [0.5, 0.6) is 5.75 Å². The molecule has 4 heteroatoms. The topological polar surface area (TPSA) is 66.6 Å². The van der Waals surface area contributed by atoms with Crippen molar-refractivity contribution in [3.63, 3.8) is 0 Å². The van der Waals surface area contributed by atoms with Crippen molar-refractivity contribution in [1.29, 1.82) is 0 Å². The second-order valence-corrected chi connectivity index (χ2v) is 4.63. The van der Waals surface area contributed by atoms with Crippen LogP contribution in [0.3, 0.4) is 0 Å². The normalized spacial score (nSPS) is 10.3. The Bertz CT molecular complexity index is 638. The number of amides is 1. The monoisotopic (exact) mass is 270 g/mol. The molecule has 0 aliphatic carbocycles. The fraction of sp³-hybridized carbons (Fsp3) is 0.188. The average Bonchev–Trinajstić information content (AvgIpc) is 2.41. The summed E-state index contributed by atoms with van der Waals surface area (Å²) in [5, 5.41) is 9.94. The largest absolute Gasteiger partial charge is 0.507 e. The number of phenolic OH excluding ortho intramolecular Hbond substituents is 1. The van der Waals surface area contributed by atoms with Gasteiger partial charge in [-0.05, 0) is 43.7 Å². The van der Waals surface area contributed by atoms with Crippen LogP contribution in [0.25, 0.3) is 0 Å². The molecule has 20 heavy (non-hydrogen) atoms. The van der Waals surface area contributed by atoms with Crippen molar-refractivity contribution < 1.29 is 9.90 Å². The summed E-state index contributed by atoms with van der Waals surface area (Å²) < 4.78 is 0. The number of carbonyl (C=O) groups is 1. The number of rotatable bonds is 3. The molecular formula is C16H18N2O2. The predicted molar refractivity (Wildman–Crippen MR) is 81.0 cm³/mol. The summed E-state index contributed by atoms with van der Waals surface area (Å²) in [7, 11) is 0. The number of aromatic hydroxyl groups is 1. The highest BCUT2D eigenvalue weighted by atomic mass is 16.3. The Kier molecular flexibility index (Phi) is 3.94. The van der Waals surface area contributed by atoms with Gasteiger partial charge in [-0.3, -0.25) is 4.79 Å². The van der Waals surface area contributed by atoms with Gasteiger partial charge >= 0.3 is 0 Å². The minimum atomic E-state index is -0.261. The van der Waals surface area contributed by atoms with Gasteiger partial charge in [-0.1, -0.05) is 18.2 Å². The van der Waals surface area contributed by atoms with Crippen LogP contribution in [0.2, 0.25) is 0 Å². The fourth-order valence-corrected chi connectivity index (χ4v) is 2.12. The van der Waals surface area contributed by atoms with Gasteiger partial charge in [0.1, 0.15) is 5.75 Å². The average molecular weight is 270 g/mol. The molecule has 4 nitrogen and oxygen atoms in total. The first kappa shape index (κ1) is 13.9. The Morgan fingerprint density at radius 3 is 2.55 bits per heavy atom. The van der Waals surface area contributed by atoms with Crippen molar-refractivity contribution in [2.45, 2.75) is 13.8 Å². The van der Waals surface area contributed by atoms with E-state index < -0.39 is 0 Å². The van der Waals surface area contributed by atoms with E-state index in [1.54, 1.807) is 35.2 Å². The summed E-state index contributed by atoms with van der Waals surface area (Å²) in [5.41, 5.74) is 8.29. The molecule has 0 saturated carbocycles. The highest BCUT2D eigenvalue weighted by Crippen LogP contribution is 2.27. The van der Waals surface area contributed by atoms with Crippen molar-refractivity contribution in [2.75, 3.05) is 17.2 Å². The van der Waals surface area contributed by atoms with E-state index in [2.05, 4.69) is 0 Å². The molecule has 2 aromatic rings.